The van der Waals surface area contributed by atoms with Crippen molar-refractivity contribution < 1.29 is 51.6 Å². The maximum atomic E-state index is 14.1. The molecule has 2 aliphatic rings. The normalized spacial score (nSPS) is 16.8. The van der Waals surface area contributed by atoms with Crippen LogP contribution in [0.2, 0.25) is 0 Å². The second-order valence-corrected chi connectivity index (χ2v) is 10.1. The van der Waals surface area contributed by atoms with Gasteiger partial charge in [0.15, 0.2) is 18.5 Å². The first kappa shape index (κ1) is 31.1. The average molecular weight is 628 g/mol. The summed E-state index contributed by atoms with van der Waals surface area (Å²) in [6.07, 6.45) is -0.852. The first-order valence-corrected chi connectivity index (χ1v) is 13.7. The van der Waals surface area contributed by atoms with Crippen molar-refractivity contribution in [2.24, 2.45) is 0 Å². The standard InChI is InChI=1S/C30H27F2N3O10/c1-17-13-41-23-12-34-11-21(28(38)33-10-19-7-8-20(31)9-22(19)32)26(37)27(25(34)29(39)35(17)23)44-16-45-30(40)43-15-24(36)42-14-18-5-3-2-4-6-18/h2-9,11,17,23H,10,12-16H2,1H3,(H,33,38)/t17?,23-/m1/s1. The van der Waals surface area contributed by atoms with E-state index in [4.69, 9.17) is 23.7 Å². The lowest BCUT2D eigenvalue weighted by molar-refractivity contribution is -0.149. The first-order chi connectivity index (χ1) is 21.6. The van der Waals surface area contributed by atoms with Crippen LogP contribution in [0.4, 0.5) is 13.6 Å². The van der Waals surface area contributed by atoms with Gasteiger partial charge in [-0.15, -0.1) is 0 Å². The van der Waals surface area contributed by atoms with E-state index in [-0.39, 0.29) is 43.6 Å². The van der Waals surface area contributed by atoms with Crippen LogP contribution in [0.5, 0.6) is 5.75 Å². The van der Waals surface area contributed by atoms with Gasteiger partial charge in [0.25, 0.3) is 11.8 Å². The minimum atomic E-state index is -1.33. The Labute approximate surface area is 254 Å². The number of ether oxygens (including phenoxy) is 5. The summed E-state index contributed by atoms with van der Waals surface area (Å²) in [4.78, 5) is 65.3. The molecule has 45 heavy (non-hydrogen) atoms. The van der Waals surface area contributed by atoms with Crippen molar-refractivity contribution >= 4 is 23.9 Å². The third kappa shape index (κ3) is 7.09. The molecule has 1 aromatic heterocycles. The number of rotatable bonds is 10. The summed E-state index contributed by atoms with van der Waals surface area (Å²) in [5.41, 5.74) is -0.997. The number of hydrogen-bond donors (Lipinski definition) is 1. The number of amides is 2. The monoisotopic (exact) mass is 627 g/mol. The Kier molecular flexibility index (Phi) is 9.37. The van der Waals surface area contributed by atoms with E-state index in [0.717, 1.165) is 23.9 Å². The lowest BCUT2D eigenvalue weighted by atomic mass is 10.1. The Morgan fingerprint density at radius 1 is 1.04 bits per heavy atom. The number of fused-ring (bicyclic) bond motifs is 2. The van der Waals surface area contributed by atoms with Gasteiger partial charge in [0.05, 0.1) is 19.2 Å². The number of carbonyl (C=O) groups excluding carboxylic acids is 4. The lowest BCUT2D eigenvalue weighted by Gasteiger charge is -2.34. The van der Waals surface area contributed by atoms with Crippen molar-refractivity contribution in [1.29, 1.82) is 0 Å². The highest BCUT2D eigenvalue weighted by atomic mass is 19.1. The van der Waals surface area contributed by atoms with Crippen LogP contribution < -0.4 is 15.5 Å². The molecule has 1 N–H and O–H groups in total. The Bertz CT molecular complexity index is 1680. The SMILES string of the molecule is CC1CO[C@@H]2Cn3cc(C(=O)NCc4ccc(F)cc4F)c(=O)c(OCOC(=O)OCC(=O)OCc4ccccc4)c3C(=O)N12. The number of pyridine rings is 1. The van der Waals surface area contributed by atoms with Crippen LogP contribution in [0.3, 0.4) is 0 Å². The van der Waals surface area contributed by atoms with Crippen LogP contribution in [0.1, 0.15) is 38.9 Å². The predicted molar refractivity (Wildman–Crippen MR) is 148 cm³/mol. The summed E-state index contributed by atoms with van der Waals surface area (Å²) in [5, 5.41) is 2.39. The molecule has 1 fully saturated rings. The molecular formula is C30H27F2N3O10. The van der Waals surface area contributed by atoms with Gasteiger partial charge in [-0.05, 0) is 18.6 Å². The molecule has 0 aliphatic carbocycles. The molecule has 1 saturated heterocycles. The fourth-order valence-corrected chi connectivity index (χ4v) is 4.77. The van der Waals surface area contributed by atoms with Crippen molar-refractivity contribution in [1.82, 2.24) is 14.8 Å². The Hall–Kier alpha value is -5.31. The highest BCUT2D eigenvalue weighted by Gasteiger charge is 2.43. The van der Waals surface area contributed by atoms with Crippen LogP contribution in [0, 0.1) is 11.6 Å². The van der Waals surface area contributed by atoms with Crippen molar-refractivity contribution in [3.05, 3.63) is 99.0 Å². The highest BCUT2D eigenvalue weighted by Crippen LogP contribution is 2.30. The fraction of sp³-hybridized carbons (Fsp3) is 0.300. The molecule has 2 aliphatic heterocycles. The molecule has 2 amide bonds. The highest BCUT2D eigenvalue weighted by molar-refractivity contribution is 5.99. The second kappa shape index (κ2) is 13.5. The molecule has 5 rings (SSSR count). The van der Waals surface area contributed by atoms with E-state index in [1.807, 2.05) is 0 Å². The number of carbonyl (C=O) groups is 4. The third-order valence-corrected chi connectivity index (χ3v) is 6.97. The largest absolute Gasteiger partial charge is 0.511 e. The topological polar surface area (TPSA) is 152 Å². The van der Waals surface area contributed by atoms with Crippen LogP contribution in [0.15, 0.2) is 59.5 Å². The molecule has 0 bridgehead atoms. The van der Waals surface area contributed by atoms with Gasteiger partial charge in [-0.25, -0.2) is 18.4 Å². The molecule has 0 spiro atoms. The van der Waals surface area contributed by atoms with Gasteiger partial charge in [0, 0.05) is 24.4 Å². The molecule has 15 heteroatoms. The summed E-state index contributed by atoms with van der Waals surface area (Å²) < 4.78 is 54.2. The van der Waals surface area contributed by atoms with Crippen LogP contribution >= 0.6 is 0 Å². The number of benzene rings is 2. The van der Waals surface area contributed by atoms with Crippen molar-refractivity contribution in [2.45, 2.75) is 38.9 Å². The first-order valence-electron chi connectivity index (χ1n) is 13.7. The summed E-state index contributed by atoms with van der Waals surface area (Å²) >= 11 is 0. The zero-order valence-corrected chi connectivity index (χ0v) is 23.8. The van der Waals surface area contributed by atoms with Crippen molar-refractivity contribution in [2.75, 3.05) is 20.0 Å². The van der Waals surface area contributed by atoms with Gasteiger partial charge < -0.3 is 38.5 Å². The van der Waals surface area contributed by atoms with Gasteiger partial charge in [-0.1, -0.05) is 36.4 Å². The van der Waals surface area contributed by atoms with Crippen LogP contribution in [-0.2, 0) is 43.4 Å². The predicted octanol–water partition coefficient (Wildman–Crippen LogP) is 2.49. The number of nitrogens with zero attached hydrogens (tertiary/aromatic N) is 2. The zero-order chi connectivity index (χ0) is 32.1. The molecule has 0 saturated carbocycles. The van der Waals surface area contributed by atoms with Crippen LogP contribution in [-0.4, -0.2) is 65.7 Å². The summed E-state index contributed by atoms with van der Waals surface area (Å²) in [6.45, 7) is -0.0503. The number of halogens is 2. The lowest BCUT2D eigenvalue weighted by Crippen LogP contribution is -2.49. The fourth-order valence-electron chi connectivity index (χ4n) is 4.77. The van der Waals surface area contributed by atoms with Gasteiger partial charge in [0.2, 0.25) is 18.0 Å². The summed E-state index contributed by atoms with van der Waals surface area (Å²) in [5.74, 6) is -4.68. The second-order valence-electron chi connectivity index (χ2n) is 10.1. The minimum Gasteiger partial charge on any atom is -0.458 e. The van der Waals surface area contributed by atoms with E-state index >= 15 is 0 Å². The van der Waals surface area contributed by atoms with Crippen molar-refractivity contribution in [3.8, 4) is 5.75 Å². The van der Waals surface area contributed by atoms with E-state index in [2.05, 4.69) is 5.32 Å². The number of hydrogen-bond acceptors (Lipinski definition) is 10. The Balaban J connectivity index is 1.27. The van der Waals surface area contributed by atoms with Gasteiger partial charge in [-0.3, -0.25) is 14.4 Å². The van der Waals surface area contributed by atoms with Gasteiger partial charge in [0.1, 0.15) is 23.8 Å². The number of aromatic nitrogens is 1. The van der Waals surface area contributed by atoms with E-state index in [9.17, 15) is 32.8 Å². The number of nitrogens with one attached hydrogen (secondary N) is 1. The quantitative estimate of drug-likeness (QED) is 0.262. The molecule has 0 radical (unpaired) electrons. The van der Waals surface area contributed by atoms with Crippen LogP contribution in [0.25, 0.3) is 0 Å². The van der Waals surface area contributed by atoms with Gasteiger partial charge in [-0.2, -0.15) is 0 Å². The molecule has 3 heterocycles. The third-order valence-electron chi connectivity index (χ3n) is 6.97. The summed E-state index contributed by atoms with van der Waals surface area (Å²) in [6, 6.07) is 11.3. The molecule has 1 unspecified atom stereocenters. The molecule has 236 valence electrons. The van der Waals surface area contributed by atoms with E-state index in [1.54, 1.807) is 37.3 Å². The smallest absolute Gasteiger partial charge is 0.458 e. The molecular weight excluding hydrogens is 600 g/mol. The van der Waals surface area contributed by atoms with E-state index in [1.165, 1.54) is 9.47 Å². The Morgan fingerprint density at radius 3 is 2.58 bits per heavy atom. The average Bonchev–Trinajstić information content (AvgIpc) is 3.40. The molecule has 3 aromatic rings. The molecule has 2 aromatic carbocycles. The van der Waals surface area contributed by atoms with E-state index in [0.29, 0.717) is 6.07 Å². The molecule has 2 atom stereocenters. The minimum absolute atomic E-state index is 0.0330. The van der Waals surface area contributed by atoms with Crippen molar-refractivity contribution in [3.63, 3.8) is 0 Å². The zero-order valence-electron chi connectivity index (χ0n) is 23.8. The maximum Gasteiger partial charge on any atom is 0.511 e. The van der Waals surface area contributed by atoms with Gasteiger partial charge >= 0.3 is 12.1 Å². The number of esters is 1. The Morgan fingerprint density at radius 2 is 1.82 bits per heavy atom. The molecule has 13 nitrogen and oxygen atoms in total. The summed E-state index contributed by atoms with van der Waals surface area (Å²) in [7, 11) is 0. The maximum absolute atomic E-state index is 14.1. The van der Waals surface area contributed by atoms with E-state index < -0.39 is 71.9 Å².